The second kappa shape index (κ2) is 3.43. The van der Waals surface area contributed by atoms with Crippen molar-refractivity contribution in [1.82, 2.24) is 19.6 Å². The number of aromatic amines is 1. The predicted octanol–water partition coefficient (Wildman–Crippen LogP) is 1.55. The normalized spacial score (nSPS) is 11.4. The first-order chi connectivity index (χ1) is 7.78. The van der Waals surface area contributed by atoms with Gasteiger partial charge in [-0.15, -0.1) is 11.3 Å². The van der Waals surface area contributed by atoms with E-state index in [1.165, 1.54) is 0 Å². The smallest absolute Gasteiger partial charge is 0.194 e. The molecule has 82 valence electrons. The molecule has 3 heterocycles. The largest absolute Gasteiger partial charge is 0.325 e. The van der Waals surface area contributed by atoms with Gasteiger partial charge in [-0.05, 0) is 13.0 Å². The van der Waals surface area contributed by atoms with Gasteiger partial charge in [-0.3, -0.25) is 9.50 Å². The molecule has 0 aliphatic heterocycles. The molecule has 0 atom stereocenters. The molecule has 16 heavy (non-hydrogen) atoms. The molecule has 0 unspecified atom stereocenters. The monoisotopic (exact) mass is 233 g/mol. The van der Waals surface area contributed by atoms with Crippen LogP contribution in [0.25, 0.3) is 16.3 Å². The summed E-state index contributed by atoms with van der Waals surface area (Å²) in [4.78, 5) is 5.46. The average Bonchev–Trinajstić information content (AvgIpc) is 2.90. The van der Waals surface area contributed by atoms with Crippen molar-refractivity contribution in [2.24, 2.45) is 5.73 Å². The molecule has 6 heteroatoms. The number of hydrogen-bond donors (Lipinski definition) is 2. The summed E-state index contributed by atoms with van der Waals surface area (Å²) >= 11 is 1.59. The number of nitrogens with zero attached hydrogens (tertiary/aromatic N) is 3. The predicted molar refractivity (Wildman–Crippen MR) is 63.3 cm³/mol. The van der Waals surface area contributed by atoms with Gasteiger partial charge in [0, 0.05) is 29.5 Å². The molecule has 0 radical (unpaired) electrons. The van der Waals surface area contributed by atoms with Crippen LogP contribution in [-0.4, -0.2) is 19.6 Å². The van der Waals surface area contributed by atoms with Crippen LogP contribution in [0, 0.1) is 6.92 Å². The zero-order valence-corrected chi connectivity index (χ0v) is 9.58. The summed E-state index contributed by atoms with van der Waals surface area (Å²) in [6.07, 6.45) is 1.98. The van der Waals surface area contributed by atoms with Gasteiger partial charge >= 0.3 is 0 Å². The highest BCUT2D eigenvalue weighted by atomic mass is 32.1. The molecule has 0 saturated heterocycles. The van der Waals surface area contributed by atoms with E-state index in [1.54, 1.807) is 11.3 Å². The number of nitrogens with two attached hydrogens (primary N) is 1. The second-order valence-electron chi connectivity index (χ2n) is 3.65. The van der Waals surface area contributed by atoms with E-state index in [0.29, 0.717) is 6.54 Å². The standard InChI is InChI=1S/C10H11N5S/c1-6-2-8(14-13-6)9-4-15-7(3-11)5-16-10(15)12-9/h2,4-5H,3,11H2,1H3,(H,13,14). The number of imidazole rings is 1. The molecule has 3 aromatic heterocycles. The number of aryl methyl sites for hydroxylation is 1. The molecule has 0 bridgehead atoms. The maximum absolute atomic E-state index is 5.65. The molecule has 0 aliphatic carbocycles. The van der Waals surface area contributed by atoms with Crippen LogP contribution in [0.15, 0.2) is 17.6 Å². The summed E-state index contributed by atoms with van der Waals surface area (Å²) in [5.41, 5.74) is 9.51. The van der Waals surface area contributed by atoms with Crippen molar-refractivity contribution in [3.63, 3.8) is 0 Å². The summed E-state index contributed by atoms with van der Waals surface area (Å²) in [5, 5.41) is 9.13. The van der Waals surface area contributed by atoms with Crippen molar-refractivity contribution in [2.75, 3.05) is 0 Å². The van der Waals surface area contributed by atoms with Gasteiger partial charge < -0.3 is 5.73 Å². The molecule has 3 N–H and O–H groups in total. The fourth-order valence-electron chi connectivity index (χ4n) is 1.65. The van der Waals surface area contributed by atoms with Crippen LogP contribution in [0.4, 0.5) is 0 Å². The Hall–Kier alpha value is -1.66. The number of rotatable bonds is 2. The Morgan fingerprint density at radius 2 is 2.38 bits per heavy atom. The lowest BCUT2D eigenvalue weighted by Crippen LogP contribution is -1.98. The van der Waals surface area contributed by atoms with Gasteiger partial charge in [-0.1, -0.05) is 0 Å². The molecule has 0 saturated carbocycles. The van der Waals surface area contributed by atoms with Gasteiger partial charge in [-0.2, -0.15) is 5.10 Å². The Morgan fingerprint density at radius 1 is 1.50 bits per heavy atom. The third kappa shape index (κ3) is 1.35. The minimum atomic E-state index is 0.523. The number of thiazole rings is 1. The fourth-order valence-corrected chi connectivity index (χ4v) is 2.53. The van der Waals surface area contributed by atoms with E-state index in [4.69, 9.17) is 5.73 Å². The quantitative estimate of drug-likeness (QED) is 0.705. The first-order valence-electron chi connectivity index (χ1n) is 4.96. The highest BCUT2D eigenvalue weighted by Crippen LogP contribution is 2.22. The summed E-state index contributed by atoms with van der Waals surface area (Å²) in [5.74, 6) is 0. The molecule has 0 fully saturated rings. The number of hydrogen-bond acceptors (Lipinski definition) is 4. The number of nitrogens with one attached hydrogen (secondary N) is 1. The Morgan fingerprint density at radius 3 is 3.06 bits per heavy atom. The van der Waals surface area contributed by atoms with Crippen molar-refractivity contribution in [1.29, 1.82) is 0 Å². The van der Waals surface area contributed by atoms with E-state index in [1.807, 2.05) is 29.0 Å². The number of H-pyrrole nitrogens is 1. The van der Waals surface area contributed by atoms with Gasteiger partial charge in [-0.25, -0.2) is 4.98 Å². The number of aromatic nitrogens is 4. The molecular weight excluding hydrogens is 222 g/mol. The van der Waals surface area contributed by atoms with Crippen molar-refractivity contribution < 1.29 is 0 Å². The van der Waals surface area contributed by atoms with Gasteiger partial charge in [0.15, 0.2) is 4.96 Å². The topological polar surface area (TPSA) is 72.0 Å². The van der Waals surface area contributed by atoms with E-state index in [-0.39, 0.29) is 0 Å². The third-order valence-electron chi connectivity index (χ3n) is 2.46. The zero-order chi connectivity index (χ0) is 11.1. The van der Waals surface area contributed by atoms with Crippen LogP contribution in [0.2, 0.25) is 0 Å². The maximum Gasteiger partial charge on any atom is 0.194 e. The Kier molecular flexibility index (Phi) is 2.05. The molecule has 3 rings (SSSR count). The van der Waals surface area contributed by atoms with Crippen LogP contribution < -0.4 is 5.73 Å². The summed E-state index contributed by atoms with van der Waals surface area (Å²) in [6.45, 7) is 2.50. The molecular formula is C10H11N5S. The van der Waals surface area contributed by atoms with E-state index in [9.17, 15) is 0 Å². The molecule has 3 aromatic rings. The summed E-state index contributed by atoms with van der Waals surface area (Å²) in [6, 6.07) is 1.98. The van der Waals surface area contributed by atoms with Crippen molar-refractivity contribution in [2.45, 2.75) is 13.5 Å². The minimum Gasteiger partial charge on any atom is -0.325 e. The van der Waals surface area contributed by atoms with Crippen LogP contribution in [0.3, 0.4) is 0 Å². The first kappa shape index (κ1) is 9.56. The third-order valence-corrected chi connectivity index (χ3v) is 3.35. The Bertz CT molecular complexity index is 633. The molecule has 0 amide bonds. The van der Waals surface area contributed by atoms with Gasteiger partial charge in [0.1, 0.15) is 11.4 Å². The van der Waals surface area contributed by atoms with Crippen LogP contribution in [0.1, 0.15) is 11.4 Å². The van der Waals surface area contributed by atoms with E-state index < -0.39 is 0 Å². The zero-order valence-electron chi connectivity index (χ0n) is 8.77. The molecule has 0 spiro atoms. The lowest BCUT2D eigenvalue weighted by atomic mass is 10.3. The molecule has 0 aliphatic rings. The molecule has 0 aromatic carbocycles. The Labute approximate surface area is 95.9 Å². The van der Waals surface area contributed by atoms with E-state index in [2.05, 4.69) is 15.2 Å². The van der Waals surface area contributed by atoms with Gasteiger partial charge in [0.05, 0.1) is 0 Å². The van der Waals surface area contributed by atoms with Crippen molar-refractivity contribution >= 4 is 16.3 Å². The van der Waals surface area contributed by atoms with Crippen molar-refractivity contribution in [3.05, 3.63) is 29.0 Å². The fraction of sp³-hybridized carbons (Fsp3) is 0.200. The average molecular weight is 233 g/mol. The minimum absolute atomic E-state index is 0.523. The van der Waals surface area contributed by atoms with Crippen LogP contribution in [-0.2, 0) is 6.54 Å². The maximum atomic E-state index is 5.65. The second-order valence-corrected chi connectivity index (χ2v) is 4.48. The Balaban J connectivity index is 2.15. The highest BCUT2D eigenvalue weighted by Gasteiger charge is 2.10. The molecule has 5 nitrogen and oxygen atoms in total. The SMILES string of the molecule is Cc1cc(-c2cn3c(CN)csc3n2)n[nH]1. The lowest BCUT2D eigenvalue weighted by Gasteiger charge is -1.90. The van der Waals surface area contributed by atoms with Crippen molar-refractivity contribution in [3.8, 4) is 11.4 Å². The summed E-state index contributed by atoms with van der Waals surface area (Å²) < 4.78 is 2.02. The van der Waals surface area contributed by atoms with E-state index in [0.717, 1.165) is 27.7 Å². The number of fused-ring (bicyclic) bond motifs is 1. The van der Waals surface area contributed by atoms with Gasteiger partial charge in [0.2, 0.25) is 0 Å². The highest BCUT2D eigenvalue weighted by molar-refractivity contribution is 7.15. The lowest BCUT2D eigenvalue weighted by molar-refractivity contribution is 0.965. The van der Waals surface area contributed by atoms with Crippen LogP contribution in [0.5, 0.6) is 0 Å². The van der Waals surface area contributed by atoms with Crippen LogP contribution >= 0.6 is 11.3 Å². The summed E-state index contributed by atoms with van der Waals surface area (Å²) in [7, 11) is 0. The van der Waals surface area contributed by atoms with E-state index >= 15 is 0 Å². The first-order valence-corrected chi connectivity index (χ1v) is 5.84. The van der Waals surface area contributed by atoms with Gasteiger partial charge in [0.25, 0.3) is 0 Å².